The fraction of sp³-hybridized carbons (Fsp3) is 0.231. The van der Waals surface area contributed by atoms with Gasteiger partial charge in [0.15, 0.2) is 0 Å². The first-order valence-electron chi connectivity index (χ1n) is 5.69. The van der Waals surface area contributed by atoms with E-state index in [0.717, 1.165) is 0 Å². The number of nitrogens with zero attached hydrogens (tertiary/aromatic N) is 1. The second-order valence-electron chi connectivity index (χ2n) is 3.97. The number of hydrogen-bond donors (Lipinski definition) is 0. The number of aliphatic imine (C=N–C) groups is 1. The molecule has 0 saturated carbocycles. The third kappa shape index (κ3) is 3.15. The maximum Gasteiger partial charge on any atom is 0.338 e. The van der Waals surface area contributed by atoms with Gasteiger partial charge in [0.25, 0.3) is 0 Å². The molecule has 0 saturated heterocycles. The van der Waals surface area contributed by atoms with E-state index in [2.05, 4.69) is 4.99 Å². The molecule has 100 valence electrons. The number of carbonyl (C=O) groups excluding carboxylic acids is 1. The van der Waals surface area contributed by atoms with Crippen LogP contribution in [0.25, 0.3) is 0 Å². The van der Waals surface area contributed by atoms with E-state index in [1.54, 1.807) is 36.4 Å². The van der Waals surface area contributed by atoms with Gasteiger partial charge in [0, 0.05) is 12.6 Å². The smallest absolute Gasteiger partial charge is 0.338 e. The molecule has 5 nitrogen and oxygen atoms in total. The normalized spacial score (nSPS) is 22.4. The van der Waals surface area contributed by atoms with E-state index in [9.17, 15) is 13.6 Å². The van der Waals surface area contributed by atoms with Gasteiger partial charge in [0.1, 0.15) is 4.87 Å². The fourth-order valence-corrected chi connectivity index (χ4v) is 2.27. The summed E-state index contributed by atoms with van der Waals surface area (Å²) in [7, 11) is 0. The van der Waals surface area contributed by atoms with E-state index >= 15 is 0 Å². The maximum atomic E-state index is 11.7. The average Bonchev–Trinajstić information content (AvgIpc) is 2.90. The lowest BCUT2D eigenvalue weighted by Gasteiger charge is -2.26. The van der Waals surface area contributed by atoms with Gasteiger partial charge < -0.3 is 9.29 Å². The van der Waals surface area contributed by atoms with Crippen molar-refractivity contribution >= 4 is 23.3 Å². The summed E-state index contributed by atoms with van der Waals surface area (Å²) in [6.45, 7) is -0.0105. The van der Waals surface area contributed by atoms with Crippen LogP contribution in [0, 0.1) is 0 Å². The van der Waals surface area contributed by atoms with Crippen LogP contribution < -0.4 is 0 Å². The molecule has 0 bridgehead atoms. The van der Waals surface area contributed by atoms with E-state index in [0.29, 0.717) is 5.56 Å². The summed E-state index contributed by atoms with van der Waals surface area (Å²) < 4.78 is 27.4. The predicted octanol–water partition coefficient (Wildman–Crippen LogP) is 1.45. The second kappa shape index (κ2) is 5.90. The van der Waals surface area contributed by atoms with Crippen molar-refractivity contribution in [3.05, 3.63) is 48.0 Å². The summed E-state index contributed by atoms with van der Waals surface area (Å²) in [5.41, 5.74) is 0.435. The molecule has 0 spiro atoms. The van der Waals surface area contributed by atoms with Crippen LogP contribution in [0.1, 0.15) is 16.8 Å². The van der Waals surface area contributed by atoms with Crippen molar-refractivity contribution in [2.75, 3.05) is 6.61 Å². The third-order valence-corrected chi connectivity index (χ3v) is 3.75. The zero-order valence-corrected chi connectivity index (χ0v) is 10.8. The molecule has 1 aromatic carbocycles. The minimum Gasteiger partial charge on any atom is -0.770 e. The van der Waals surface area contributed by atoms with Crippen LogP contribution in [0.3, 0.4) is 0 Å². The summed E-state index contributed by atoms with van der Waals surface area (Å²) >= 11 is -2.38. The lowest BCUT2D eigenvalue weighted by atomic mass is 10.2. The molecule has 19 heavy (non-hydrogen) atoms. The molecule has 0 amide bonds. The largest absolute Gasteiger partial charge is 0.770 e. The Morgan fingerprint density at radius 3 is 2.68 bits per heavy atom. The number of rotatable bonds is 5. The number of ether oxygens (including phenoxy) is 1. The van der Waals surface area contributed by atoms with Gasteiger partial charge in [-0.25, -0.2) is 4.79 Å². The van der Waals surface area contributed by atoms with Crippen molar-refractivity contribution < 1.29 is 18.3 Å². The molecule has 2 unspecified atom stereocenters. The zero-order valence-electron chi connectivity index (χ0n) is 10.0. The van der Waals surface area contributed by atoms with Gasteiger partial charge in [-0.1, -0.05) is 18.2 Å². The van der Waals surface area contributed by atoms with Crippen LogP contribution in [0.5, 0.6) is 0 Å². The van der Waals surface area contributed by atoms with E-state index in [1.807, 2.05) is 0 Å². The number of carbonyl (C=O) groups is 1. The van der Waals surface area contributed by atoms with Crippen LogP contribution in [0.2, 0.25) is 0 Å². The Kier molecular flexibility index (Phi) is 4.24. The Morgan fingerprint density at radius 2 is 2.11 bits per heavy atom. The summed E-state index contributed by atoms with van der Waals surface area (Å²) in [4.78, 5) is 14.3. The van der Waals surface area contributed by atoms with Gasteiger partial charge >= 0.3 is 5.97 Å². The van der Waals surface area contributed by atoms with Crippen molar-refractivity contribution in [3.63, 3.8) is 0 Å². The van der Waals surface area contributed by atoms with Gasteiger partial charge in [-0.15, -0.1) is 0 Å². The molecule has 0 radical (unpaired) electrons. The van der Waals surface area contributed by atoms with E-state index in [-0.39, 0.29) is 13.0 Å². The number of esters is 1. The first kappa shape index (κ1) is 13.6. The summed E-state index contributed by atoms with van der Waals surface area (Å²) in [6.07, 6.45) is 4.57. The second-order valence-corrected chi connectivity index (χ2v) is 5.15. The third-order valence-electron chi connectivity index (χ3n) is 2.73. The topological polar surface area (TPSA) is 78.8 Å². The van der Waals surface area contributed by atoms with E-state index in [1.165, 1.54) is 12.3 Å². The summed E-state index contributed by atoms with van der Waals surface area (Å²) in [5, 5.41) is 0. The van der Waals surface area contributed by atoms with Crippen LogP contribution in [0.15, 0.2) is 47.5 Å². The first-order chi connectivity index (χ1) is 9.14. The van der Waals surface area contributed by atoms with Crippen molar-refractivity contribution in [2.24, 2.45) is 4.99 Å². The first-order valence-corrected chi connectivity index (χ1v) is 6.76. The molecule has 2 rings (SSSR count). The highest BCUT2D eigenvalue weighted by Gasteiger charge is 2.29. The molecule has 6 heteroatoms. The van der Waals surface area contributed by atoms with Gasteiger partial charge in [0.2, 0.25) is 0 Å². The molecule has 2 atom stereocenters. The molecule has 1 aliphatic heterocycles. The van der Waals surface area contributed by atoms with Crippen molar-refractivity contribution in [3.8, 4) is 0 Å². The van der Waals surface area contributed by atoms with Gasteiger partial charge in [-0.05, 0) is 35.4 Å². The van der Waals surface area contributed by atoms with Crippen LogP contribution in [-0.4, -0.2) is 32.4 Å². The number of benzene rings is 1. The lowest BCUT2D eigenvalue weighted by Crippen LogP contribution is -2.30. The van der Waals surface area contributed by atoms with Crippen LogP contribution >= 0.6 is 0 Å². The quantitative estimate of drug-likeness (QED) is 0.603. The molecule has 0 N–H and O–H groups in total. The molecule has 1 heterocycles. The molecular formula is C13H12NO4S-. The highest BCUT2D eigenvalue weighted by Crippen LogP contribution is 2.24. The van der Waals surface area contributed by atoms with Crippen LogP contribution in [-0.2, 0) is 15.8 Å². The fourth-order valence-electron chi connectivity index (χ4n) is 1.68. The minimum atomic E-state index is -2.38. The zero-order chi connectivity index (χ0) is 13.7. The average molecular weight is 278 g/mol. The van der Waals surface area contributed by atoms with E-state index in [4.69, 9.17) is 4.74 Å². The molecule has 0 aliphatic carbocycles. The molecule has 0 fully saturated rings. The number of hydrogen-bond acceptors (Lipinski definition) is 5. The monoisotopic (exact) mass is 278 g/mol. The Morgan fingerprint density at radius 1 is 1.37 bits per heavy atom. The Balaban J connectivity index is 1.90. The minimum absolute atomic E-state index is 0.0105. The SMILES string of the molecule is O=C(OCCC1(S(=O)[O-])C=CC=N1)c1ccccc1. The van der Waals surface area contributed by atoms with Crippen LogP contribution in [0.4, 0.5) is 0 Å². The Hall–Kier alpha value is -1.79. The summed E-state index contributed by atoms with van der Waals surface area (Å²) in [6, 6.07) is 8.53. The summed E-state index contributed by atoms with van der Waals surface area (Å²) in [5.74, 6) is -0.474. The predicted molar refractivity (Wildman–Crippen MR) is 70.6 cm³/mol. The molecule has 0 aromatic heterocycles. The number of allylic oxidation sites excluding steroid dienone is 1. The van der Waals surface area contributed by atoms with E-state index < -0.39 is 21.9 Å². The van der Waals surface area contributed by atoms with Crippen molar-refractivity contribution in [2.45, 2.75) is 11.3 Å². The molecule has 1 aromatic rings. The lowest BCUT2D eigenvalue weighted by molar-refractivity contribution is 0.0493. The maximum absolute atomic E-state index is 11.7. The van der Waals surface area contributed by atoms with Crippen molar-refractivity contribution in [1.29, 1.82) is 0 Å². The van der Waals surface area contributed by atoms with Crippen molar-refractivity contribution in [1.82, 2.24) is 0 Å². The van der Waals surface area contributed by atoms with Gasteiger partial charge in [-0.3, -0.25) is 9.20 Å². The highest BCUT2D eigenvalue weighted by molar-refractivity contribution is 7.80. The Bertz CT molecular complexity index is 527. The van der Waals surface area contributed by atoms with Gasteiger partial charge in [0.05, 0.1) is 12.2 Å². The molecule has 1 aliphatic rings. The van der Waals surface area contributed by atoms with Gasteiger partial charge in [-0.2, -0.15) is 0 Å². The molecular weight excluding hydrogens is 266 g/mol. The standard InChI is InChI=1S/C13H13NO4S/c15-12(11-5-2-1-3-6-11)18-10-8-13(19(16)17)7-4-9-14-13/h1-7,9H,8,10H2,(H,16,17)/p-1. The Labute approximate surface area is 113 Å². The highest BCUT2D eigenvalue weighted by atomic mass is 32.2.